The minimum Gasteiger partial charge on any atom is -0.490 e. The first-order chi connectivity index (χ1) is 9.65. The van der Waals surface area contributed by atoms with Gasteiger partial charge in [-0.05, 0) is 17.7 Å². The molecule has 0 fully saturated rings. The second-order valence-electron chi connectivity index (χ2n) is 3.72. The van der Waals surface area contributed by atoms with Crippen LogP contribution in [0.4, 0.5) is 0 Å². The lowest BCUT2D eigenvalue weighted by Crippen LogP contribution is -1.97. The van der Waals surface area contributed by atoms with Crippen LogP contribution in [0.5, 0.6) is 11.6 Å². The van der Waals surface area contributed by atoms with Crippen molar-refractivity contribution in [1.82, 2.24) is 9.97 Å². The normalized spacial score (nSPS) is 10.4. The van der Waals surface area contributed by atoms with Gasteiger partial charge in [0.05, 0.1) is 20.4 Å². The first kappa shape index (κ1) is 15.2. The van der Waals surface area contributed by atoms with E-state index in [0.29, 0.717) is 32.6 Å². The number of aromatic nitrogens is 2. The van der Waals surface area contributed by atoms with Crippen molar-refractivity contribution in [2.24, 2.45) is 0 Å². The van der Waals surface area contributed by atoms with Crippen molar-refractivity contribution in [3.63, 3.8) is 0 Å². The Labute approximate surface area is 131 Å². The number of hydrogen-bond acceptors (Lipinski definition) is 5. The summed E-state index contributed by atoms with van der Waals surface area (Å²) in [6, 6.07) is 5.42. The fourth-order valence-corrected chi connectivity index (χ4v) is 3.05. The molecular weight excluding hydrogens is 319 g/mol. The lowest BCUT2D eigenvalue weighted by molar-refractivity contribution is 0.337. The summed E-state index contributed by atoms with van der Waals surface area (Å²) in [6.45, 7) is 0. The smallest absolute Gasteiger partial charge is 0.260 e. The first-order valence-corrected chi connectivity index (χ1v) is 7.40. The van der Waals surface area contributed by atoms with Crippen LogP contribution in [-0.4, -0.2) is 24.2 Å². The molecule has 0 unspecified atom stereocenters. The minimum atomic E-state index is 0.398. The summed E-state index contributed by atoms with van der Waals surface area (Å²) >= 11 is 13.7. The van der Waals surface area contributed by atoms with Crippen molar-refractivity contribution in [3.8, 4) is 11.6 Å². The van der Waals surface area contributed by atoms with Crippen LogP contribution in [-0.2, 0) is 5.75 Å². The highest BCUT2D eigenvalue weighted by Crippen LogP contribution is 2.32. The van der Waals surface area contributed by atoms with E-state index in [1.807, 2.05) is 6.07 Å². The van der Waals surface area contributed by atoms with Crippen LogP contribution in [0.15, 0.2) is 29.6 Å². The van der Waals surface area contributed by atoms with E-state index >= 15 is 0 Å². The van der Waals surface area contributed by atoms with Gasteiger partial charge in [-0.2, -0.15) is 4.98 Å². The largest absolute Gasteiger partial charge is 0.490 e. The van der Waals surface area contributed by atoms with Crippen LogP contribution < -0.4 is 9.47 Å². The SMILES string of the molecule is COc1cnc(SCc2c(Cl)cccc2Cl)nc1OC. The molecule has 1 aromatic heterocycles. The van der Waals surface area contributed by atoms with E-state index in [-0.39, 0.29) is 0 Å². The molecule has 7 heteroatoms. The van der Waals surface area contributed by atoms with Crippen molar-refractivity contribution in [1.29, 1.82) is 0 Å². The molecule has 0 atom stereocenters. The molecule has 0 bridgehead atoms. The lowest BCUT2D eigenvalue weighted by atomic mass is 10.2. The zero-order chi connectivity index (χ0) is 14.5. The Morgan fingerprint density at radius 1 is 1.15 bits per heavy atom. The third-order valence-electron chi connectivity index (χ3n) is 2.52. The maximum absolute atomic E-state index is 6.12. The fraction of sp³-hybridized carbons (Fsp3) is 0.231. The molecule has 0 saturated carbocycles. The van der Waals surface area contributed by atoms with Crippen LogP contribution in [0.2, 0.25) is 10.0 Å². The number of ether oxygens (including phenoxy) is 2. The summed E-state index contributed by atoms with van der Waals surface area (Å²) in [6.07, 6.45) is 1.57. The number of thioether (sulfide) groups is 1. The Kier molecular flexibility index (Phi) is 5.34. The zero-order valence-electron chi connectivity index (χ0n) is 10.9. The van der Waals surface area contributed by atoms with Crippen LogP contribution in [0, 0.1) is 0 Å². The molecule has 20 heavy (non-hydrogen) atoms. The molecule has 0 aliphatic heterocycles. The Bertz CT molecular complexity index is 591. The minimum absolute atomic E-state index is 0.398. The molecule has 1 heterocycles. The van der Waals surface area contributed by atoms with Crippen molar-refractivity contribution in [2.75, 3.05) is 14.2 Å². The van der Waals surface area contributed by atoms with Crippen molar-refractivity contribution < 1.29 is 9.47 Å². The summed E-state index contributed by atoms with van der Waals surface area (Å²) in [5.74, 6) is 1.47. The quantitative estimate of drug-likeness (QED) is 0.610. The Balaban J connectivity index is 2.15. The van der Waals surface area contributed by atoms with E-state index < -0.39 is 0 Å². The molecule has 0 aliphatic rings. The molecule has 1 aromatic carbocycles. The van der Waals surface area contributed by atoms with Crippen molar-refractivity contribution in [3.05, 3.63) is 40.0 Å². The van der Waals surface area contributed by atoms with Gasteiger partial charge in [-0.25, -0.2) is 4.98 Å². The molecule has 4 nitrogen and oxygen atoms in total. The van der Waals surface area contributed by atoms with E-state index in [1.54, 1.807) is 18.3 Å². The molecule has 2 rings (SSSR count). The summed E-state index contributed by atoms with van der Waals surface area (Å²) in [5.41, 5.74) is 0.860. The number of hydrogen-bond donors (Lipinski definition) is 0. The third kappa shape index (κ3) is 3.48. The third-order valence-corrected chi connectivity index (χ3v) is 4.12. The predicted molar refractivity (Wildman–Crippen MR) is 81.2 cm³/mol. The van der Waals surface area contributed by atoms with Gasteiger partial charge in [0.1, 0.15) is 0 Å². The van der Waals surface area contributed by atoms with Crippen molar-refractivity contribution >= 4 is 35.0 Å². The summed E-state index contributed by atoms with van der Waals surface area (Å²) in [7, 11) is 3.07. The van der Waals surface area contributed by atoms with Gasteiger partial charge in [-0.1, -0.05) is 41.0 Å². The number of methoxy groups -OCH3 is 2. The van der Waals surface area contributed by atoms with Crippen LogP contribution in [0.1, 0.15) is 5.56 Å². The molecule has 0 radical (unpaired) electrons. The maximum atomic E-state index is 6.12. The van der Waals surface area contributed by atoms with E-state index in [0.717, 1.165) is 5.56 Å². The number of nitrogens with zero attached hydrogens (tertiary/aromatic N) is 2. The van der Waals surface area contributed by atoms with Gasteiger partial charge in [0, 0.05) is 15.8 Å². The van der Waals surface area contributed by atoms with Gasteiger partial charge in [0.25, 0.3) is 5.88 Å². The molecule has 0 N–H and O–H groups in total. The molecule has 106 valence electrons. The van der Waals surface area contributed by atoms with Gasteiger partial charge >= 0.3 is 0 Å². The van der Waals surface area contributed by atoms with Crippen LogP contribution in [0.25, 0.3) is 0 Å². The van der Waals surface area contributed by atoms with E-state index in [1.165, 1.54) is 26.0 Å². The number of rotatable bonds is 5. The van der Waals surface area contributed by atoms with Crippen LogP contribution in [0.3, 0.4) is 0 Å². The van der Waals surface area contributed by atoms with Gasteiger partial charge < -0.3 is 9.47 Å². The Morgan fingerprint density at radius 2 is 1.85 bits per heavy atom. The summed E-state index contributed by atoms with van der Waals surface area (Å²) in [5, 5.41) is 1.83. The van der Waals surface area contributed by atoms with E-state index in [2.05, 4.69) is 9.97 Å². The van der Waals surface area contributed by atoms with Crippen molar-refractivity contribution in [2.45, 2.75) is 10.9 Å². The van der Waals surface area contributed by atoms with Gasteiger partial charge in [0.15, 0.2) is 10.9 Å². The monoisotopic (exact) mass is 330 g/mol. The molecule has 0 spiro atoms. The molecule has 0 saturated heterocycles. The average molecular weight is 331 g/mol. The zero-order valence-corrected chi connectivity index (χ0v) is 13.2. The maximum Gasteiger partial charge on any atom is 0.260 e. The van der Waals surface area contributed by atoms with Gasteiger partial charge in [-0.3, -0.25) is 0 Å². The summed E-state index contributed by atoms with van der Waals surface area (Å²) < 4.78 is 10.2. The Morgan fingerprint density at radius 3 is 2.45 bits per heavy atom. The number of benzene rings is 1. The molecular formula is C13H12Cl2N2O2S. The van der Waals surface area contributed by atoms with Crippen LogP contribution >= 0.6 is 35.0 Å². The van der Waals surface area contributed by atoms with E-state index in [9.17, 15) is 0 Å². The predicted octanol–water partition coefficient (Wildman–Crippen LogP) is 4.09. The fourth-order valence-electron chi connectivity index (χ4n) is 1.50. The number of halogens is 2. The lowest BCUT2D eigenvalue weighted by Gasteiger charge is -2.08. The van der Waals surface area contributed by atoms with Gasteiger partial charge in [0.2, 0.25) is 0 Å². The highest BCUT2D eigenvalue weighted by atomic mass is 35.5. The molecule has 2 aromatic rings. The topological polar surface area (TPSA) is 44.2 Å². The van der Waals surface area contributed by atoms with E-state index in [4.69, 9.17) is 32.7 Å². The molecule has 0 amide bonds. The standard InChI is InChI=1S/C13H12Cl2N2O2S/c1-18-11-6-16-13(17-12(11)19-2)20-7-8-9(14)4-3-5-10(8)15/h3-6H,7H2,1-2H3. The first-order valence-electron chi connectivity index (χ1n) is 5.66. The Hall–Kier alpha value is -1.17. The second-order valence-corrected chi connectivity index (χ2v) is 5.48. The highest BCUT2D eigenvalue weighted by Gasteiger charge is 2.11. The summed E-state index contributed by atoms with van der Waals surface area (Å²) in [4.78, 5) is 8.45. The molecule has 0 aliphatic carbocycles. The van der Waals surface area contributed by atoms with Gasteiger partial charge in [-0.15, -0.1) is 0 Å². The highest BCUT2D eigenvalue weighted by molar-refractivity contribution is 7.98. The second kappa shape index (κ2) is 7.02. The average Bonchev–Trinajstić information content (AvgIpc) is 2.46.